The van der Waals surface area contributed by atoms with E-state index in [-0.39, 0.29) is 6.61 Å². The zero-order chi connectivity index (χ0) is 18.8. The van der Waals surface area contributed by atoms with Crippen molar-refractivity contribution in [3.05, 3.63) is 55.5 Å². The van der Waals surface area contributed by atoms with E-state index in [0.717, 1.165) is 14.8 Å². The van der Waals surface area contributed by atoms with Crippen molar-refractivity contribution < 1.29 is 9.53 Å². The molecule has 2 heterocycles. The van der Waals surface area contributed by atoms with Crippen molar-refractivity contribution in [2.45, 2.75) is 13.8 Å². The van der Waals surface area contributed by atoms with Gasteiger partial charge in [-0.1, -0.05) is 24.3 Å². The summed E-state index contributed by atoms with van der Waals surface area (Å²) >= 11 is 3.81. The second-order valence-corrected chi connectivity index (χ2v) is 7.89. The Morgan fingerprint density at radius 3 is 2.46 bits per heavy atom. The van der Waals surface area contributed by atoms with Gasteiger partial charge >= 0.3 is 5.97 Å². The number of esters is 1. The third-order valence-electron chi connectivity index (χ3n) is 4.25. The molecule has 1 aromatic carbocycles. The Bertz CT molecular complexity index is 1010. The summed E-state index contributed by atoms with van der Waals surface area (Å²) in [5, 5.41) is 11.7. The van der Waals surface area contributed by atoms with E-state index in [9.17, 15) is 10.1 Å². The van der Waals surface area contributed by atoms with Crippen molar-refractivity contribution in [1.82, 2.24) is 4.57 Å². The number of carbonyl (C=O) groups excluding carboxylic acids is 1. The molecule has 26 heavy (non-hydrogen) atoms. The Hall–Kier alpha value is -2.11. The smallest absolute Gasteiger partial charge is 0.355 e. The van der Waals surface area contributed by atoms with Crippen LogP contribution in [-0.2, 0) is 11.8 Å². The van der Waals surface area contributed by atoms with Crippen LogP contribution in [0.4, 0.5) is 0 Å². The third kappa shape index (κ3) is 3.17. The maximum absolute atomic E-state index is 12.5. The number of hydrogen-bond acceptors (Lipinski definition) is 4. The van der Waals surface area contributed by atoms with Gasteiger partial charge in [-0.05, 0) is 64.6 Å². The summed E-state index contributed by atoms with van der Waals surface area (Å²) in [5.74, 6) is -0.415. The van der Waals surface area contributed by atoms with Gasteiger partial charge in [0.05, 0.1) is 15.9 Å². The number of rotatable bonds is 4. The number of ether oxygens (including phenoxy) is 1. The molecule has 0 fully saturated rings. The van der Waals surface area contributed by atoms with Crippen molar-refractivity contribution in [1.29, 1.82) is 5.26 Å². The minimum Gasteiger partial charge on any atom is -0.461 e. The van der Waals surface area contributed by atoms with Gasteiger partial charge in [0.15, 0.2) is 0 Å². The number of benzene rings is 1. The maximum atomic E-state index is 12.5. The zero-order valence-corrected chi connectivity index (χ0v) is 17.6. The highest BCUT2D eigenvalue weighted by atomic mass is 127. The first-order valence-electron chi connectivity index (χ1n) is 8.09. The number of thiophene rings is 1. The summed E-state index contributed by atoms with van der Waals surface area (Å²) in [6.07, 6.45) is 0. The van der Waals surface area contributed by atoms with Crippen LogP contribution >= 0.6 is 33.9 Å². The highest BCUT2D eigenvalue weighted by Gasteiger charge is 2.26. The van der Waals surface area contributed by atoms with E-state index >= 15 is 0 Å². The lowest BCUT2D eigenvalue weighted by Crippen LogP contribution is -2.11. The number of carbonyl (C=O) groups is 1. The van der Waals surface area contributed by atoms with E-state index in [0.29, 0.717) is 16.8 Å². The Labute approximate surface area is 170 Å². The van der Waals surface area contributed by atoms with Crippen molar-refractivity contribution in [3.8, 4) is 28.3 Å². The lowest BCUT2D eigenvalue weighted by molar-refractivity contribution is 0.0516. The minimum atomic E-state index is -0.415. The third-order valence-corrected chi connectivity index (χ3v) is 6.36. The van der Waals surface area contributed by atoms with Crippen LogP contribution in [0.5, 0.6) is 0 Å². The standard InChI is InChI=1S/C20H17IN2O2S/c1-4-25-20(24)18-17(16(11-22)19(21)23(18)3)14-7-5-13(6-8-14)15-9-10-26-12(15)2/h5-10H,4H2,1-3H3. The molecule has 4 nitrogen and oxygen atoms in total. The van der Waals surface area contributed by atoms with E-state index < -0.39 is 5.97 Å². The van der Waals surface area contributed by atoms with E-state index in [4.69, 9.17) is 4.74 Å². The summed E-state index contributed by atoms with van der Waals surface area (Å²) in [6, 6.07) is 12.3. The fraction of sp³-hybridized carbons (Fsp3) is 0.200. The Morgan fingerprint density at radius 2 is 1.92 bits per heavy atom. The lowest BCUT2D eigenvalue weighted by atomic mass is 9.98. The SMILES string of the molecule is CCOC(=O)c1c(-c2ccc(-c3ccsc3C)cc2)c(C#N)c(I)n1C. The number of aryl methyl sites for hydroxylation is 1. The largest absolute Gasteiger partial charge is 0.461 e. The molecule has 0 bridgehead atoms. The van der Waals surface area contributed by atoms with Crippen LogP contribution in [0, 0.1) is 22.0 Å². The second-order valence-electron chi connectivity index (χ2n) is 5.75. The van der Waals surface area contributed by atoms with E-state index in [1.54, 1.807) is 29.9 Å². The molecule has 0 N–H and O–H groups in total. The lowest BCUT2D eigenvalue weighted by Gasteiger charge is -2.08. The summed E-state index contributed by atoms with van der Waals surface area (Å²) < 4.78 is 7.66. The molecule has 0 spiro atoms. The van der Waals surface area contributed by atoms with Crippen LogP contribution in [0.3, 0.4) is 0 Å². The Morgan fingerprint density at radius 1 is 1.27 bits per heavy atom. The molecular weight excluding hydrogens is 459 g/mol. The summed E-state index contributed by atoms with van der Waals surface area (Å²) in [4.78, 5) is 13.7. The maximum Gasteiger partial charge on any atom is 0.355 e. The van der Waals surface area contributed by atoms with Gasteiger partial charge in [0, 0.05) is 17.5 Å². The van der Waals surface area contributed by atoms with Crippen LogP contribution < -0.4 is 0 Å². The van der Waals surface area contributed by atoms with E-state index in [1.807, 2.05) is 24.3 Å². The molecule has 0 saturated carbocycles. The highest BCUT2D eigenvalue weighted by molar-refractivity contribution is 14.1. The predicted molar refractivity (Wildman–Crippen MR) is 112 cm³/mol. The van der Waals surface area contributed by atoms with Gasteiger partial charge in [-0.3, -0.25) is 0 Å². The fourth-order valence-electron chi connectivity index (χ4n) is 2.98. The van der Waals surface area contributed by atoms with Gasteiger partial charge in [-0.2, -0.15) is 5.26 Å². The van der Waals surface area contributed by atoms with Crippen molar-refractivity contribution in [2.75, 3.05) is 6.61 Å². The average Bonchev–Trinajstić information content (AvgIpc) is 3.17. The van der Waals surface area contributed by atoms with Gasteiger partial charge in [0.2, 0.25) is 0 Å². The van der Waals surface area contributed by atoms with Gasteiger partial charge in [-0.15, -0.1) is 11.3 Å². The van der Waals surface area contributed by atoms with Crippen LogP contribution in [0.15, 0.2) is 35.7 Å². The van der Waals surface area contributed by atoms with Crippen molar-refractivity contribution in [3.63, 3.8) is 0 Å². The summed E-state index contributed by atoms with van der Waals surface area (Å²) in [5.41, 5.74) is 4.69. The quantitative estimate of drug-likeness (QED) is 0.375. The van der Waals surface area contributed by atoms with Gasteiger partial charge in [0.25, 0.3) is 0 Å². The van der Waals surface area contributed by atoms with Crippen LogP contribution in [0.25, 0.3) is 22.3 Å². The number of nitriles is 1. The molecule has 3 aromatic rings. The molecule has 0 saturated heterocycles. The molecule has 0 aliphatic carbocycles. The van der Waals surface area contributed by atoms with Gasteiger partial charge < -0.3 is 9.30 Å². The molecule has 0 atom stereocenters. The first-order valence-corrected chi connectivity index (χ1v) is 10.1. The Kier molecular flexibility index (Phi) is 5.49. The minimum absolute atomic E-state index is 0.290. The number of hydrogen-bond donors (Lipinski definition) is 0. The van der Waals surface area contributed by atoms with E-state index in [2.05, 4.69) is 47.0 Å². The Balaban J connectivity index is 2.14. The molecule has 0 radical (unpaired) electrons. The molecule has 0 unspecified atom stereocenters. The summed E-state index contributed by atoms with van der Waals surface area (Å²) in [7, 11) is 1.78. The van der Waals surface area contributed by atoms with Crippen LogP contribution in [0.1, 0.15) is 27.9 Å². The molecular formula is C20H17IN2O2S. The van der Waals surface area contributed by atoms with Crippen molar-refractivity contribution >= 4 is 39.9 Å². The highest BCUT2D eigenvalue weighted by Crippen LogP contribution is 2.35. The number of aromatic nitrogens is 1. The van der Waals surface area contributed by atoms with Crippen molar-refractivity contribution in [2.24, 2.45) is 7.05 Å². The molecule has 132 valence electrons. The second kappa shape index (κ2) is 7.64. The van der Waals surface area contributed by atoms with Gasteiger partial charge in [0.1, 0.15) is 11.8 Å². The molecule has 0 amide bonds. The molecule has 6 heteroatoms. The number of halogens is 1. The summed E-state index contributed by atoms with van der Waals surface area (Å²) in [6.45, 7) is 4.16. The zero-order valence-electron chi connectivity index (χ0n) is 14.7. The predicted octanol–water partition coefficient (Wildman–Crippen LogP) is 5.38. The molecule has 2 aromatic heterocycles. The molecule has 3 rings (SSSR count). The van der Waals surface area contributed by atoms with Crippen LogP contribution in [-0.4, -0.2) is 17.1 Å². The van der Waals surface area contributed by atoms with E-state index in [1.165, 1.54) is 10.4 Å². The normalized spacial score (nSPS) is 10.6. The van der Waals surface area contributed by atoms with Gasteiger partial charge in [-0.25, -0.2) is 4.79 Å². The number of nitrogens with zero attached hydrogens (tertiary/aromatic N) is 2. The monoisotopic (exact) mass is 476 g/mol. The first kappa shape index (κ1) is 18.7. The molecule has 0 aliphatic rings. The topological polar surface area (TPSA) is 55.0 Å². The molecule has 0 aliphatic heterocycles. The van der Waals surface area contributed by atoms with Crippen LogP contribution in [0.2, 0.25) is 0 Å². The fourth-order valence-corrected chi connectivity index (χ4v) is 4.33. The first-order chi connectivity index (χ1) is 12.5. The average molecular weight is 476 g/mol.